The number of aryl methyl sites for hydroxylation is 1. The smallest absolute Gasteiger partial charge is 0.304 e. The van der Waals surface area contributed by atoms with Gasteiger partial charge in [-0.15, -0.1) is 0 Å². The first-order valence-corrected chi connectivity index (χ1v) is 6.36. The molecule has 88 valence electrons. The molecule has 1 rings (SSSR count). The number of pyridine rings is 1. The second-order valence-corrected chi connectivity index (χ2v) is 5.66. The first kappa shape index (κ1) is 12.8. The highest BCUT2D eigenvalue weighted by Gasteiger charge is 2.15. The molecular weight excluding hydrogens is 226 g/mol. The second kappa shape index (κ2) is 5.75. The third-order valence-electron chi connectivity index (χ3n) is 2.15. The van der Waals surface area contributed by atoms with Crippen molar-refractivity contribution in [3.05, 3.63) is 29.6 Å². The summed E-state index contributed by atoms with van der Waals surface area (Å²) in [6.07, 6.45) is 3.33. The van der Waals surface area contributed by atoms with E-state index < -0.39 is 16.8 Å². The lowest BCUT2D eigenvalue weighted by Crippen LogP contribution is -2.17. The molecule has 2 atom stereocenters. The molecule has 0 fully saturated rings. The van der Waals surface area contributed by atoms with Crippen LogP contribution in [-0.2, 0) is 21.3 Å². The highest BCUT2D eigenvalue weighted by Crippen LogP contribution is 2.10. The lowest BCUT2D eigenvalue weighted by atomic mass is 10.2. The van der Waals surface area contributed by atoms with Crippen LogP contribution >= 0.6 is 0 Å². The maximum Gasteiger partial charge on any atom is 0.304 e. The average molecular weight is 241 g/mol. The molecule has 1 aromatic rings. The summed E-state index contributed by atoms with van der Waals surface area (Å²) in [5, 5.41) is 8.26. The molecule has 0 aliphatic rings. The minimum Gasteiger partial charge on any atom is -0.481 e. The van der Waals surface area contributed by atoms with Crippen molar-refractivity contribution >= 4 is 16.8 Å². The zero-order valence-electron chi connectivity index (χ0n) is 9.34. The van der Waals surface area contributed by atoms with Crippen molar-refractivity contribution in [2.75, 3.05) is 0 Å². The maximum absolute atomic E-state index is 11.8. The van der Waals surface area contributed by atoms with Crippen LogP contribution in [0.2, 0.25) is 0 Å². The van der Waals surface area contributed by atoms with Crippen LogP contribution in [-0.4, -0.2) is 25.5 Å². The molecule has 0 aliphatic carbocycles. The van der Waals surface area contributed by atoms with Gasteiger partial charge in [0.1, 0.15) is 0 Å². The Morgan fingerprint density at radius 2 is 2.25 bits per heavy atom. The largest absolute Gasteiger partial charge is 0.481 e. The topological polar surface area (TPSA) is 67.3 Å². The van der Waals surface area contributed by atoms with Gasteiger partial charge in [-0.05, 0) is 18.1 Å². The Bertz CT molecular complexity index is 406. The Labute approximate surface area is 97.2 Å². The molecule has 0 spiro atoms. The van der Waals surface area contributed by atoms with Gasteiger partial charge < -0.3 is 5.11 Å². The predicted molar refractivity (Wildman–Crippen MR) is 62.5 cm³/mol. The highest BCUT2D eigenvalue weighted by atomic mass is 32.2. The number of aliphatic carboxylic acids is 1. The number of rotatable bonds is 5. The van der Waals surface area contributed by atoms with Crippen molar-refractivity contribution in [1.82, 2.24) is 4.98 Å². The molecule has 1 aromatic heterocycles. The lowest BCUT2D eigenvalue weighted by molar-refractivity contribution is -0.136. The van der Waals surface area contributed by atoms with Gasteiger partial charge in [-0.2, -0.15) is 0 Å². The van der Waals surface area contributed by atoms with Gasteiger partial charge in [-0.1, -0.05) is 13.0 Å². The molecule has 1 N–H and O–H groups in total. The molecule has 0 aliphatic heterocycles. The van der Waals surface area contributed by atoms with Gasteiger partial charge in [0, 0.05) is 28.4 Å². The van der Waals surface area contributed by atoms with E-state index in [2.05, 4.69) is 4.98 Å². The molecule has 4 nitrogen and oxygen atoms in total. The van der Waals surface area contributed by atoms with E-state index >= 15 is 0 Å². The minimum absolute atomic E-state index is 0.0636. The second-order valence-electron chi connectivity index (χ2n) is 3.80. The van der Waals surface area contributed by atoms with Crippen LogP contribution in [0.25, 0.3) is 0 Å². The van der Waals surface area contributed by atoms with Crippen molar-refractivity contribution < 1.29 is 14.1 Å². The molecule has 0 aromatic carbocycles. The zero-order valence-corrected chi connectivity index (χ0v) is 10.2. The number of hydrogen-bond acceptors (Lipinski definition) is 3. The third kappa shape index (κ3) is 4.10. The Hall–Kier alpha value is -1.23. The number of carboxylic acid groups (broad SMARTS) is 1. The van der Waals surface area contributed by atoms with Crippen LogP contribution in [0.5, 0.6) is 0 Å². The van der Waals surface area contributed by atoms with Gasteiger partial charge in [0.05, 0.1) is 12.2 Å². The fourth-order valence-corrected chi connectivity index (χ4v) is 2.44. The molecule has 5 heteroatoms. The molecule has 0 radical (unpaired) electrons. The van der Waals surface area contributed by atoms with Crippen LogP contribution in [0, 0.1) is 6.92 Å². The summed E-state index contributed by atoms with van der Waals surface area (Å²) >= 11 is 0. The first-order valence-electron chi connectivity index (χ1n) is 4.98. The van der Waals surface area contributed by atoms with Crippen LogP contribution in [0.3, 0.4) is 0 Å². The van der Waals surface area contributed by atoms with Crippen molar-refractivity contribution in [3.8, 4) is 0 Å². The monoisotopic (exact) mass is 241 g/mol. The molecular formula is C11H15NO3S. The average Bonchev–Trinajstić information content (AvgIpc) is 2.16. The van der Waals surface area contributed by atoms with E-state index in [-0.39, 0.29) is 11.7 Å². The van der Waals surface area contributed by atoms with E-state index in [9.17, 15) is 9.00 Å². The molecule has 1 heterocycles. The van der Waals surface area contributed by atoms with Crippen molar-refractivity contribution in [2.24, 2.45) is 0 Å². The highest BCUT2D eigenvalue weighted by molar-refractivity contribution is 7.84. The van der Waals surface area contributed by atoms with Crippen LogP contribution in [0.4, 0.5) is 0 Å². The van der Waals surface area contributed by atoms with Gasteiger partial charge in [-0.3, -0.25) is 14.0 Å². The Morgan fingerprint density at radius 1 is 1.56 bits per heavy atom. The number of hydrogen-bond donors (Lipinski definition) is 1. The quantitative estimate of drug-likeness (QED) is 0.848. The van der Waals surface area contributed by atoms with E-state index in [1.54, 1.807) is 19.3 Å². The van der Waals surface area contributed by atoms with E-state index in [1.807, 2.05) is 13.0 Å². The number of aromatic nitrogens is 1. The van der Waals surface area contributed by atoms with Crippen LogP contribution in [0.15, 0.2) is 18.5 Å². The van der Waals surface area contributed by atoms with Gasteiger partial charge in [0.25, 0.3) is 0 Å². The zero-order chi connectivity index (χ0) is 12.1. The fraction of sp³-hybridized carbons (Fsp3) is 0.455. The van der Waals surface area contributed by atoms with Gasteiger partial charge in [-0.25, -0.2) is 0 Å². The van der Waals surface area contributed by atoms with Crippen LogP contribution < -0.4 is 0 Å². The van der Waals surface area contributed by atoms with Gasteiger partial charge in [0.15, 0.2) is 0 Å². The van der Waals surface area contributed by atoms with Crippen LogP contribution in [0.1, 0.15) is 24.5 Å². The number of nitrogens with zero attached hydrogens (tertiary/aromatic N) is 1. The summed E-state index contributed by atoms with van der Waals surface area (Å²) < 4.78 is 11.8. The summed E-state index contributed by atoms with van der Waals surface area (Å²) in [4.78, 5) is 14.5. The fourth-order valence-electron chi connectivity index (χ4n) is 1.34. The summed E-state index contributed by atoms with van der Waals surface area (Å²) in [6, 6.07) is 1.92. The Morgan fingerprint density at radius 3 is 2.81 bits per heavy atom. The predicted octanol–water partition coefficient (Wildman–Crippen LogP) is 1.50. The lowest BCUT2D eigenvalue weighted by Gasteiger charge is -2.08. The minimum atomic E-state index is -1.17. The van der Waals surface area contributed by atoms with E-state index in [0.29, 0.717) is 5.75 Å². The molecule has 0 bridgehead atoms. The Balaban J connectivity index is 2.60. The van der Waals surface area contributed by atoms with Crippen molar-refractivity contribution in [3.63, 3.8) is 0 Å². The van der Waals surface area contributed by atoms with Gasteiger partial charge >= 0.3 is 5.97 Å². The SMILES string of the molecule is Cc1cncc(CS(=O)C(C)CC(=O)O)c1. The molecule has 0 amide bonds. The summed E-state index contributed by atoms with van der Waals surface area (Å²) in [6.45, 7) is 3.60. The van der Waals surface area contributed by atoms with E-state index in [4.69, 9.17) is 5.11 Å². The van der Waals surface area contributed by atoms with E-state index in [0.717, 1.165) is 11.1 Å². The molecule has 0 saturated heterocycles. The maximum atomic E-state index is 11.8. The van der Waals surface area contributed by atoms with Crippen molar-refractivity contribution in [2.45, 2.75) is 31.3 Å². The van der Waals surface area contributed by atoms with E-state index in [1.165, 1.54) is 0 Å². The van der Waals surface area contributed by atoms with Crippen molar-refractivity contribution in [1.29, 1.82) is 0 Å². The summed E-state index contributed by atoms with van der Waals surface area (Å²) in [5.41, 5.74) is 1.90. The Kier molecular flexibility index (Phi) is 4.61. The normalized spacial score (nSPS) is 14.4. The standard InChI is InChI=1S/C11H15NO3S/c1-8-3-10(6-12-5-8)7-16(15)9(2)4-11(13)14/h3,5-6,9H,4,7H2,1-2H3,(H,13,14). The summed E-state index contributed by atoms with van der Waals surface area (Å²) in [7, 11) is -1.17. The number of carbonyl (C=O) groups is 1. The first-order chi connectivity index (χ1) is 7.49. The summed E-state index contributed by atoms with van der Waals surface area (Å²) in [5.74, 6) is -0.549. The molecule has 2 unspecified atom stereocenters. The third-order valence-corrected chi connectivity index (χ3v) is 3.83. The molecule has 0 saturated carbocycles. The number of carboxylic acids is 1. The van der Waals surface area contributed by atoms with Gasteiger partial charge in [0.2, 0.25) is 0 Å². The molecule has 16 heavy (non-hydrogen) atoms.